The molecule has 0 N–H and O–H groups in total. The fraction of sp³-hybridized carbons (Fsp3) is 0.571. The molecule has 0 saturated carbocycles. The van der Waals surface area contributed by atoms with Gasteiger partial charge >= 0.3 is 0 Å². The van der Waals surface area contributed by atoms with Crippen molar-refractivity contribution >= 4 is 6.21 Å². The lowest BCUT2D eigenvalue weighted by atomic mass is 10.1. The second kappa shape index (κ2) is 1.44. The van der Waals surface area contributed by atoms with Crippen LogP contribution in [0.5, 0.6) is 0 Å². The molecule has 0 radical (unpaired) electrons. The third kappa shape index (κ3) is 0.683. The molecular weight excluding hydrogens is 98.1 g/mol. The standard InChI is InChI=1S/C7H12N/c1-7(2)5-4-6-8(7)3/h4-6H,1-3H3/q+1. The van der Waals surface area contributed by atoms with Gasteiger partial charge in [0, 0.05) is 19.9 Å². The number of hydrogen-bond donors (Lipinski definition) is 0. The summed E-state index contributed by atoms with van der Waals surface area (Å²) >= 11 is 0. The van der Waals surface area contributed by atoms with E-state index in [1.165, 1.54) is 0 Å². The molecule has 44 valence electrons. The molecule has 0 aromatic heterocycles. The van der Waals surface area contributed by atoms with Crippen molar-refractivity contribution < 1.29 is 4.58 Å². The Balaban J connectivity index is 2.87. The van der Waals surface area contributed by atoms with E-state index < -0.39 is 0 Å². The topological polar surface area (TPSA) is 3.01 Å². The quantitative estimate of drug-likeness (QED) is 0.410. The minimum atomic E-state index is 0.250. The van der Waals surface area contributed by atoms with Crippen LogP contribution in [-0.4, -0.2) is 23.4 Å². The van der Waals surface area contributed by atoms with Gasteiger partial charge in [0.25, 0.3) is 0 Å². The minimum absolute atomic E-state index is 0.250. The van der Waals surface area contributed by atoms with Gasteiger partial charge in [-0.2, -0.15) is 0 Å². The van der Waals surface area contributed by atoms with Crippen LogP contribution in [0.25, 0.3) is 0 Å². The van der Waals surface area contributed by atoms with E-state index in [4.69, 9.17) is 0 Å². The highest BCUT2D eigenvalue weighted by Crippen LogP contribution is 2.11. The molecule has 0 unspecified atom stereocenters. The van der Waals surface area contributed by atoms with E-state index in [0.717, 1.165) is 0 Å². The summed E-state index contributed by atoms with van der Waals surface area (Å²) in [5.41, 5.74) is 0.250. The average Bonchev–Trinajstić information content (AvgIpc) is 1.86. The van der Waals surface area contributed by atoms with Crippen LogP contribution in [0, 0.1) is 0 Å². The molecule has 1 nitrogen and oxygen atoms in total. The minimum Gasteiger partial charge on any atom is -0.230 e. The zero-order chi connectivity index (χ0) is 6.20. The van der Waals surface area contributed by atoms with Gasteiger partial charge in [0.15, 0.2) is 11.8 Å². The van der Waals surface area contributed by atoms with Gasteiger partial charge < -0.3 is 0 Å². The monoisotopic (exact) mass is 110 g/mol. The maximum atomic E-state index is 2.19. The molecule has 0 amide bonds. The molecular formula is C7H12N+. The summed E-state index contributed by atoms with van der Waals surface area (Å²) in [5, 5.41) is 0. The Morgan fingerprint density at radius 3 is 2.12 bits per heavy atom. The van der Waals surface area contributed by atoms with Crippen molar-refractivity contribution in [2.24, 2.45) is 0 Å². The van der Waals surface area contributed by atoms with E-state index in [1.54, 1.807) is 0 Å². The summed E-state index contributed by atoms with van der Waals surface area (Å²) in [6.45, 7) is 4.38. The molecule has 0 saturated heterocycles. The highest BCUT2D eigenvalue weighted by Gasteiger charge is 2.25. The summed E-state index contributed by atoms with van der Waals surface area (Å²) in [7, 11) is 2.08. The maximum Gasteiger partial charge on any atom is 0.175 e. The molecule has 0 atom stereocenters. The predicted octanol–water partition coefficient (Wildman–Crippen LogP) is 1.05. The third-order valence-corrected chi connectivity index (χ3v) is 1.72. The Kier molecular flexibility index (Phi) is 0.999. The van der Waals surface area contributed by atoms with E-state index in [2.05, 4.69) is 43.8 Å². The zero-order valence-electron chi connectivity index (χ0n) is 5.68. The van der Waals surface area contributed by atoms with E-state index in [9.17, 15) is 0 Å². The van der Waals surface area contributed by atoms with Gasteiger partial charge in [-0.05, 0) is 6.08 Å². The Morgan fingerprint density at radius 2 is 2.00 bits per heavy atom. The fourth-order valence-electron chi connectivity index (χ4n) is 0.717. The Labute approximate surface area is 50.3 Å². The van der Waals surface area contributed by atoms with Gasteiger partial charge in [-0.3, -0.25) is 0 Å². The first-order valence-electron chi connectivity index (χ1n) is 2.88. The summed E-state index contributed by atoms with van der Waals surface area (Å²) in [6, 6.07) is 0. The van der Waals surface area contributed by atoms with Crippen LogP contribution < -0.4 is 0 Å². The van der Waals surface area contributed by atoms with Crippen LogP contribution in [0.4, 0.5) is 0 Å². The molecule has 0 aromatic carbocycles. The van der Waals surface area contributed by atoms with Crippen molar-refractivity contribution in [2.75, 3.05) is 7.05 Å². The lowest BCUT2D eigenvalue weighted by Crippen LogP contribution is -2.27. The van der Waals surface area contributed by atoms with E-state index in [0.29, 0.717) is 0 Å². The van der Waals surface area contributed by atoms with Gasteiger partial charge in [-0.1, -0.05) is 0 Å². The first kappa shape index (κ1) is 5.54. The van der Waals surface area contributed by atoms with Crippen molar-refractivity contribution in [1.29, 1.82) is 0 Å². The van der Waals surface area contributed by atoms with Crippen molar-refractivity contribution in [1.82, 2.24) is 0 Å². The zero-order valence-corrected chi connectivity index (χ0v) is 5.68. The van der Waals surface area contributed by atoms with E-state index in [1.807, 2.05) is 0 Å². The SMILES string of the molecule is C[N+]1=CC=CC1(C)C. The molecule has 0 fully saturated rings. The third-order valence-electron chi connectivity index (χ3n) is 1.72. The van der Waals surface area contributed by atoms with Crippen LogP contribution in [0.1, 0.15) is 13.8 Å². The number of nitrogens with zero attached hydrogens (tertiary/aromatic N) is 1. The number of allylic oxidation sites excluding steroid dienone is 1. The summed E-state index contributed by atoms with van der Waals surface area (Å²) in [5.74, 6) is 0. The van der Waals surface area contributed by atoms with Crippen molar-refractivity contribution in [3.63, 3.8) is 0 Å². The van der Waals surface area contributed by atoms with E-state index in [-0.39, 0.29) is 5.54 Å². The average molecular weight is 110 g/mol. The molecule has 1 heterocycles. The molecule has 1 rings (SSSR count). The predicted molar refractivity (Wildman–Crippen MR) is 35.5 cm³/mol. The Hall–Kier alpha value is -0.590. The highest BCUT2D eigenvalue weighted by atomic mass is 15.0. The highest BCUT2D eigenvalue weighted by molar-refractivity contribution is 5.68. The van der Waals surface area contributed by atoms with Crippen LogP contribution in [0.15, 0.2) is 12.2 Å². The lowest BCUT2D eigenvalue weighted by molar-refractivity contribution is -0.552. The largest absolute Gasteiger partial charge is 0.230 e. The molecule has 1 aliphatic heterocycles. The van der Waals surface area contributed by atoms with Gasteiger partial charge in [0.05, 0.1) is 0 Å². The first-order chi connectivity index (χ1) is 3.63. The molecule has 0 spiro atoms. The van der Waals surface area contributed by atoms with Crippen molar-refractivity contribution in [2.45, 2.75) is 19.4 Å². The van der Waals surface area contributed by atoms with Gasteiger partial charge in [0.1, 0.15) is 7.05 Å². The molecule has 0 bridgehead atoms. The van der Waals surface area contributed by atoms with Crippen LogP contribution >= 0.6 is 0 Å². The Morgan fingerprint density at radius 1 is 1.38 bits per heavy atom. The van der Waals surface area contributed by atoms with Crippen LogP contribution in [0.2, 0.25) is 0 Å². The summed E-state index contributed by atoms with van der Waals surface area (Å²) in [4.78, 5) is 0. The number of hydrogen-bond acceptors (Lipinski definition) is 0. The fourth-order valence-corrected chi connectivity index (χ4v) is 0.717. The second-order valence-corrected chi connectivity index (χ2v) is 2.77. The van der Waals surface area contributed by atoms with Gasteiger partial charge in [0.2, 0.25) is 0 Å². The lowest BCUT2D eigenvalue weighted by Gasteiger charge is -2.10. The van der Waals surface area contributed by atoms with Crippen LogP contribution in [0.3, 0.4) is 0 Å². The molecule has 0 aliphatic carbocycles. The van der Waals surface area contributed by atoms with Crippen molar-refractivity contribution in [3.05, 3.63) is 12.2 Å². The smallest absolute Gasteiger partial charge is 0.175 e. The maximum absolute atomic E-state index is 2.19. The summed E-state index contributed by atoms with van der Waals surface area (Å²) in [6.07, 6.45) is 6.35. The first-order valence-corrected chi connectivity index (χ1v) is 2.88. The van der Waals surface area contributed by atoms with E-state index >= 15 is 0 Å². The van der Waals surface area contributed by atoms with Crippen molar-refractivity contribution in [3.8, 4) is 0 Å². The Bertz CT molecular complexity index is 152. The number of likely N-dealkylation sites (N-methyl/N-ethyl adjacent to an activating group) is 1. The molecule has 1 heteroatoms. The van der Waals surface area contributed by atoms with Crippen LogP contribution in [-0.2, 0) is 0 Å². The number of rotatable bonds is 0. The summed E-state index contributed by atoms with van der Waals surface area (Å²) < 4.78 is 2.19. The molecule has 8 heavy (non-hydrogen) atoms. The molecule has 1 aliphatic rings. The normalized spacial score (nSPS) is 23.6. The van der Waals surface area contributed by atoms with Gasteiger partial charge in [-0.15, -0.1) is 0 Å². The molecule has 0 aromatic rings. The second-order valence-electron chi connectivity index (χ2n) is 2.77. The van der Waals surface area contributed by atoms with Gasteiger partial charge in [-0.25, -0.2) is 4.58 Å².